The maximum absolute atomic E-state index is 10.3. The summed E-state index contributed by atoms with van der Waals surface area (Å²) in [4.78, 5) is 12.9. The predicted molar refractivity (Wildman–Crippen MR) is 94.9 cm³/mol. The van der Waals surface area contributed by atoms with E-state index in [1.54, 1.807) is 24.5 Å². The quantitative estimate of drug-likeness (QED) is 0.742. The van der Waals surface area contributed by atoms with Gasteiger partial charge >= 0.3 is 0 Å². The van der Waals surface area contributed by atoms with Crippen LogP contribution in [0.15, 0.2) is 54.9 Å². The molecule has 1 atom stereocenters. The van der Waals surface area contributed by atoms with Crippen molar-refractivity contribution in [1.82, 2.24) is 15.0 Å². The summed E-state index contributed by atoms with van der Waals surface area (Å²) < 4.78 is 0. The summed E-state index contributed by atoms with van der Waals surface area (Å²) in [6.07, 6.45) is 2.76. The lowest BCUT2D eigenvalue weighted by molar-refractivity contribution is 0.191. The first-order chi connectivity index (χ1) is 11.6. The van der Waals surface area contributed by atoms with Crippen LogP contribution in [0.4, 0.5) is 5.82 Å². The Bertz CT molecular complexity index is 809. The Labute approximate surface area is 145 Å². The number of benzene rings is 1. The van der Waals surface area contributed by atoms with Gasteiger partial charge in [-0.25, -0.2) is 9.97 Å². The van der Waals surface area contributed by atoms with Crippen molar-refractivity contribution in [3.8, 4) is 11.4 Å². The van der Waals surface area contributed by atoms with E-state index in [9.17, 15) is 5.11 Å². The van der Waals surface area contributed by atoms with Gasteiger partial charge in [-0.3, -0.25) is 4.98 Å². The van der Waals surface area contributed by atoms with Crippen LogP contribution in [0.2, 0.25) is 5.02 Å². The van der Waals surface area contributed by atoms with E-state index in [0.717, 1.165) is 16.8 Å². The van der Waals surface area contributed by atoms with Crippen molar-refractivity contribution < 1.29 is 5.11 Å². The van der Waals surface area contributed by atoms with Gasteiger partial charge in [0.05, 0.1) is 6.10 Å². The number of hydrogen-bond acceptors (Lipinski definition) is 5. The molecular weight excluding hydrogens is 324 g/mol. The van der Waals surface area contributed by atoms with Gasteiger partial charge in [0.15, 0.2) is 5.82 Å². The van der Waals surface area contributed by atoms with Crippen LogP contribution < -0.4 is 5.32 Å². The molecule has 6 heteroatoms. The molecule has 0 aliphatic rings. The van der Waals surface area contributed by atoms with Crippen molar-refractivity contribution in [3.05, 3.63) is 71.1 Å². The Hall–Kier alpha value is -2.50. The molecule has 5 nitrogen and oxygen atoms in total. The Balaban J connectivity index is 1.73. The van der Waals surface area contributed by atoms with Gasteiger partial charge < -0.3 is 10.4 Å². The Kier molecular flexibility index (Phi) is 5.03. The molecule has 122 valence electrons. The van der Waals surface area contributed by atoms with Gasteiger partial charge in [0.25, 0.3) is 0 Å². The SMILES string of the molecule is Cc1cc(NCC(O)c2ccc(Cl)cc2)nc(-c2ccncc2)n1. The number of anilines is 1. The number of aromatic nitrogens is 3. The molecular formula is C18H17ClN4O. The van der Waals surface area contributed by atoms with Gasteiger partial charge in [0, 0.05) is 41.3 Å². The zero-order chi connectivity index (χ0) is 16.9. The van der Waals surface area contributed by atoms with Gasteiger partial charge in [0.1, 0.15) is 5.82 Å². The highest BCUT2D eigenvalue weighted by Crippen LogP contribution is 2.19. The summed E-state index contributed by atoms with van der Waals surface area (Å²) >= 11 is 5.86. The van der Waals surface area contributed by atoms with Crippen molar-refractivity contribution in [2.75, 3.05) is 11.9 Å². The smallest absolute Gasteiger partial charge is 0.161 e. The number of nitrogens with zero attached hydrogens (tertiary/aromatic N) is 3. The molecule has 0 amide bonds. The van der Waals surface area contributed by atoms with Crippen LogP contribution >= 0.6 is 11.6 Å². The minimum atomic E-state index is -0.651. The number of nitrogens with one attached hydrogen (secondary N) is 1. The van der Waals surface area contributed by atoms with E-state index < -0.39 is 6.10 Å². The lowest BCUT2D eigenvalue weighted by Gasteiger charge is -2.14. The van der Waals surface area contributed by atoms with Crippen LogP contribution in [0.25, 0.3) is 11.4 Å². The molecule has 2 aromatic heterocycles. The predicted octanol–water partition coefficient (Wildman–Crippen LogP) is 3.65. The summed E-state index contributed by atoms with van der Waals surface area (Å²) in [6, 6.07) is 12.7. The Morgan fingerprint density at radius 2 is 1.79 bits per heavy atom. The molecule has 24 heavy (non-hydrogen) atoms. The van der Waals surface area contributed by atoms with Gasteiger partial charge in [-0.1, -0.05) is 23.7 Å². The highest BCUT2D eigenvalue weighted by Gasteiger charge is 2.09. The summed E-state index contributed by atoms with van der Waals surface area (Å²) in [5, 5.41) is 14.1. The van der Waals surface area contributed by atoms with E-state index in [4.69, 9.17) is 11.6 Å². The second-order valence-electron chi connectivity index (χ2n) is 5.40. The number of aryl methyl sites for hydroxylation is 1. The molecule has 0 saturated carbocycles. The third-order valence-corrected chi connectivity index (χ3v) is 3.78. The molecule has 0 aliphatic carbocycles. The first kappa shape index (κ1) is 16.4. The van der Waals surface area contributed by atoms with E-state index in [2.05, 4.69) is 20.3 Å². The highest BCUT2D eigenvalue weighted by atomic mass is 35.5. The molecule has 0 bridgehead atoms. The van der Waals surface area contributed by atoms with E-state index in [1.165, 1.54) is 0 Å². The topological polar surface area (TPSA) is 70.9 Å². The van der Waals surface area contributed by atoms with Crippen LogP contribution in [0.1, 0.15) is 17.4 Å². The summed E-state index contributed by atoms with van der Waals surface area (Å²) in [6.45, 7) is 2.25. The molecule has 0 aliphatic heterocycles. The fourth-order valence-electron chi connectivity index (χ4n) is 2.29. The lowest BCUT2D eigenvalue weighted by Crippen LogP contribution is -2.13. The van der Waals surface area contributed by atoms with Gasteiger partial charge in [0.2, 0.25) is 0 Å². The molecule has 0 saturated heterocycles. The number of hydrogen-bond donors (Lipinski definition) is 2. The van der Waals surface area contributed by atoms with Crippen molar-refractivity contribution in [2.24, 2.45) is 0 Å². The number of aliphatic hydroxyl groups excluding tert-OH is 1. The van der Waals surface area contributed by atoms with Gasteiger partial charge in [-0.05, 0) is 36.8 Å². The first-order valence-electron chi connectivity index (χ1n) is 7.55. The number of rotatable bonds is 5. The van der Waals surface area contributed by atoms with E-state index in [1.807, 2.05) is 37.3 Å². The Morgan fingerprint density at radius 1 is 1.08 bits per heavy atom. The zero-order valence-corrected chi connectivity index (χ0v) is 13.9. The highest BCUT2D eigenvalue weighted by molar-refractivity contribution is 6.30. The third-order valence-electron chi connectivity index (χ3n) is 3.52. The Morgan fingerprint density at radius 3 is 2.50 bits per heavy atom. The van der Waals surface area contributed by atoms with Crippen LogP contribution in [0.5, 0.6) is 0 Å². The molecule has 0 radical (unpaired) electrons. The molecule has 2 heterocycles. The molecule has 0 fully saturated rings. The van der Waals surface area contributed by atoms with Crippen LogP contribution in [0.3, 0.4) is 0 Å². The summed E-state index contributed by atoms with van der Waals surface area (Å²) in [7, 11) is 0. The average Bonchev–Trinajstić information content (AvgIpc) is 2.60. The lowest BCUT2D eigenvalue weighted by atomic mass is 10.1. The molecule has 2 N–H and O–H groups in total. The van der Waals surface area contributed by atoms with Crippen LogP contribution in [0, 0.1) is 6.92 Å². The first-order valence-corrected chi connectivity index (χ1v) is 7.93. The maximum atomic E-state index is 10.3. The monoisotopic (exact) mass is 340 g/mol. The maximum Gasteiger partial charge on any atom is 0.161 e. The molecule has 3 rings (SSSR count). The van der Waals surface area contributed by atoms with Crippen LogP contribution in [-0.2, 0) is 0 Å². The molecule has 3 aromatic rings. The van der Waals surface area contributed by atoms with Crippen LogP contribution in [-0.4, -0.2) is 26.6 Å². The van der Waals surface area contributed by atoms with Gasteiger partial charge in [-0.2, -0.15) is 0 Å². The van der Waals surface area contributed by atoms with Crippen molar-refractivity contribution in [3.63, 3.8) is 0 Å². The zero-order valence-electron chi connectivity index (χ0n) is 13.1. The second-order valence-corrected chi connectivity index (χ2v) is 5.84. The number of pyridine rings is 1. The third kappa shape index (κ3) is 4.07. The fraction of sp³-hybridized carbons (Fsp3) is 0.167. The van der Waals surface area contributed by atoms with Gasteiger partial charge in [-0.15, -0.1) is 0 Å². The average molecular weight is 341 g/mol. The minimum absolute atomic E-state index is 0.341. The number of halogens is 1. The summed E-state index contributed by atoms with van der Waals surface area (Å²) in [5.74, 6) is 1.29. The summed E-state index contributed by atoms with van der Waals surface area (Å²) in [5.41, 5.74) is 2.54. The molecule has 1 unspecified atom stereocenters. The van der Waals surface area contributed by atoms with E-state index in [-0.39, 0.29) is 0 Å². The molecule has 0 spiro atoms. The molecule has 1 aromatic carbocycles. The number of aliphatic hydroxyl groups is 1. The van der Waals surface area contributed by atoms with E-state index in [0.29, 0.717) is 23.2 Å². The van der Waals surface area contributed by atoms with Crippen molar-refractivity contribution in [2.45, 2.75) is 13.0 Å². The van der Waals surface area contributed by atoms with E-state index >= 15 is 0 Å². The minimum Gasteiger partial charge on any atom is -0.387 e. The fourth-order valence-corrected chi connectivity index (χ4v) is 2.42. The largest absolute Gasteiger partial charge is 0.387 e. The van der Waals surface area contributed by atoms with Crippen molar-refractivity contribution in [1.29, 1.82) is 0 Å². The standard InChI is InChI=1S/C18H17ClN4O/c1-12-10-17(23-18(22-12)14-6-8-20-9-7-14)21-11-16(24)13-2-4-15(19)5-3-13/h2-10,16,24H,11H2,1H3,(H,21,22,23). The second kappa shape index (κ2) is 7.38. The van der Waals surface area contributed by atoms with Crippen molar-refractivity contribution >= 4 is 17.4 Å². The normalized spacial score (nSPS) is 12.0.